The fourth-order valence-electron chi connectivity index (χ4n) is 4.08. The van der Waals surface area contributed by atoms with Gasteiger partial charge >= 0.3 is 0 Å². The standard InChI is InChI=1S/C25H27FN4O2/c1-18-17-23(28-30(18)21-8-3-2-4-9-21)25(32)29-15-12-20(13-16-29)24(31)27-14-11-19-7-5-6-10-22(19)26/h2-10,17,20H,11-16H2,1H3,(H,27,31). The summed E-state index contributed by atoms with van der Waals surface area (Å²) in [6.07, 6.45) is 1.67. The van der Waals surface area contributed by atoms with Crippen LogP contribution in [0.25, 0.3) is 5.69 Å². The third kappa shape index (κ3) is 4.88. The molecule has 0 saturated carbocycles. The van der Waals surface area contributed by atoms with Crippen molar-refractivity contribution < 1.29 is 14.0 Å². The Kier molecular flexibility index (Phi) is 6.63. The third-order valence-corrected chi connectivity index (χ3v) is 5.91. The lowest BCUT2D eigenvalue weighted by atomic mass is 9.95. The van der Waals surface area contributed by atoms with Crippen molar-refractivity contribution in [2.45, 2.75) is 26.2 Å². The zero-order valence-electron chi connectivity index (χ0n) is 18.1. The number of hydrogen-bond donors (Lipinski definition) is 1. The number of aryl methyl sites for hydroxylation is 1. The molecular formula is C25H27FN4O2. The predicted molar refractivity (Wildman–Crippen MR) is 120 cm³/mol. The van der Waals surface area contributed by atoms with Gasteiger partial charge in [-0.3, -0.25) is 9.59 Å². The monoisotopic (exact) mass is 434 g/mol. The molecule has 0 aliphatic carbocycles. The molecule has 1 fully saturated rings. The van der Waals surface area contributed by atoms with Crippen LogP contribution in [-0.2, 0) is 11.2 Å². The molecule has 0 unspecified atom stereocenters. The first-order valence-corrected chi connectivity index (χ1v) is 11.0. The Morgan fingerprint density at radius 3 is 2.47 bits per heavy atom. The predicted octanol–water partition coefficient (Wildman–Crippen LogP) is 3.53. The molecule has 1 N–H and O–H groups in total. The van der Waals surface area contributed by atoms with Gasteiger partial charge < -0.3 is 10.2 Å². The lowest BCUT2D eigenvalue weighted by Crippen LogP contribution is -2.43. The van der Waals surface area contributed by atoms with Gasteiger partial charge in [-0.15, -0.1) is 0 Å². The summed E-state index contributed by atoms with van der Waals surface area (Å²) in [6.45, 7) is 3.35. The minimum absolute atomic E-state index is 0.0300. The molecule has 1 saturated heterocycles. The fourth-order valence-corrected chi connectivity index (χ4v) is 4.08. The number of halogens is 1. The number of carbonyl (C=O) groups is 2. The first-order chi connectivity index (χ1) is 15.5. The first kappa shape index (κ1) is 21.7. The number of aromatic nitrogens is 2. The highest BCUT2D eigenvalue weighted by Gasteiger charge is 2.29. The number of piperidine rings is 1. The molecule has 2 aromatic carbocycles. The molecule has 166 valence electrons. The van der Waals surface area contributed by atoms with E-state index in [2.05, 4.69) is 10.4 Å². The van der Waals surface area contributed by atoms with Gasteiger partial charge in [-0.05, 0) is 56.0 Å². The van der Waals surface area contributed by atoms with Crippen molar-refractivity contribution in [2.24, 2.45) is 5.92 Å². The van der Waals surface area contributed by atoms with Gasteiger partial charge in [0.2, 0.25) is 5.91 Å². The van der Waals surface area contributed by atoms with Gasteiger partial charge in [0.1, 0.15) is 5.82 Å². The Balaban J connectivity index is 1.28. The van der Waals surface area contributed by atoms with E-state index in [9.17, 15) is 14.0 Å². The summed E-state index contributed by atoms with van der Waals surface area (Å²) >= 11 is 0. The number of para-hydroxylation sites is 1. The first-order valence-electron chi connectivity index (χ1n) is 11.0. The van der Waals surface area contributed by atoms with Gasteiger partial charge in [0.05, 0.1) is 5.69 Å². The van der Waals surface area contributed by atoms with Crippen LogP contribution in [0.15, 0.2) is 60.7 Å². The molecule has 0 bridgehead atoms. The maximum absolute atomic E-state index is 13.7. The van der Waals surface area contributed by atoms with Crippen molar-refractivity contribution in [3.8, 4) is 5.69 Å². The third-order valence-electron chi connectivity index (χ3n) is 5.91. The Hall–Kier alpha value is -3.48. The van der Waals surface area contributed by atoms with Crippen LogP contribution in [0, 0.1) is 18.7 Å². The molecule has 0 radical (unpaired) electrons. The highest BCUT2D eigenvalue weighted by molar-refractivity contribution is 5.92. The summed E-state index contributed by atoms with van der Waals surface area (Å²) in [4.78, 5) is 27.2. The fraction of sp³-hybridized carbons (Fsp3) is 0.320. The number of benzene rings is 2. The molecule has 1 aliphatic heterocycles. The second kappa shape index (κ2) is 9.77. The molecular weight excluding hydrogens is 407 g/mol. The summed E-state index contributed by atoms with van der Waals surface area (Å²) in [7, 11) is 0. The maximum Gasteiger partial charge on any atom is 0.274 e. The summed E-state index contributed by atoms with van der Waals surface area (Å²) in [5.41, 5.74) is 2.82. The zero-order valence-corrected chi connectivity index (χ0v) is 18.1. The van der Waals surface area contributed by atoms with Gasteiger partial charge in [0.15, 0.2) is 5.69 Å². The molecule has 0 spiro atoms. The van der Waals surface area contributed by atoms with Crippen LogP contribution in [0.5, 0.6) is 0 Å². The highest BCUT2D eigenvalue weighted by Crippen LogP contribution is 2.20. The lowest BCUT2D eigenvalue weighted by Gasteiger charge is -2.30. The summed E-state index contributed by atoms with van der Waals surface area (Å²) in [5, 5.41) is 7.41. The topological polar surface area (TPSA) is 67.2 Å². The molecule has 4 rings (SSSR count). The highest BCUT2D eigenvalue weighted by atomic mass is 19.1. The van der Waals surface area contributed by atoms with Crippen LogP contribution in [0.3, 0.4) is 0 Å². The molecule has 1 aromatic heterocycles. The summed E-state index contributed by atoms with van der Waals surface area (Å²) in [6, 6.07) is 18.1. The van der Waals surface area contributed by atoms with Gasteiger partial charge in [-0.1, -0.05) is 36.4 Å². The summed E-state index contributed by atoms with van der Waals surface area (Å²) in [5.74, 6) is -0.527. The van der Waals surface area contributed by atoms with Crippen molar-refractivity contribution >= 4 is 11.8 Å². The molecule has 32 heavy (non-hydrogen) atoms. The van der Waals surface area contributed by atoms with E-state index in [1.165, 1.54) is 6.07 Å². The molecule has 3 aromatic rings. The second-order valence-corrected chi connectivity index (χ2v) is 8.12. The quantitative estimate of drug-likeness (QED) is 0.645. The van der Waals surface area contributed by atoms with Gasteiger partial charge in [0, 0.05) is 31.2 Å². The van der Waals surface area contributed by atoms with Crippen LogP contribution in [0.4, 0.5) is 4.39 Å². The second-order valence-electron chi connectivity index (χ2n) is 8.12. The Bertz CT molecular complexity index is 1090. The van der Waals surface area contributed by atoms with Crippen LogP contribution >= 0.6 is 0 Å². The average molecular weight is 435 g/mol. The zero-order chi connectivity index (χ0) is 22.5. The van der Waals surface area contributed by atoms with Gasteiger partial charge in [-0.25, -0.2) is 9.07 Å². The minimum Gasteiger partial charge on any atom is -0.356 e. The largest absolute Gasteiger partial charge is 0.356 e. The number of nitrogens with one attached hydrogen (secondary N) is 1. The molecule has 6 nitrogen and oxygen atoms in total. The SMILES string of the molecule is Cc1cc(C(=O)N2CCC(C(=O)NCCc3ccccc3F)CC2)nn1-c1ccccc1. The van der Waals surface area contributed by atoms with Crippen LogP contribution in [0.2, 0.25) is 0 Å². The van der Waals surface area contributed by atoms with E-state index >= 15 is 0 Å². The lowest BCUT2D eigenvalue weighted by molar-refractivity contribution is -0.126. The molecule has 0 atom stereocenters. The van der Waals surface area contributed by atoms with Crippen molar-refractivity contribution in [1.29, 1.82) is 0 Å². The Morgan fingerprint density at radius 1 is 1.06 bits per heavy atom. The molecule has 2 amide bonds. The average Bonchev–Trinajstić information content (AvgIpc) is 3.22. The molecule has 1 aliphatic rings. The van der Waals surface area contributed by atoms with E-state index in [0.29, 0.717) is 50.2 Å². The van der Waals surface area contributed by atoms with Gasteiger partial charge in [-0.2, -0.15) is 5.10 Å². The smallest absolute Gasteiger partial charge is 0.274 e. The normalized spacial score (nSPS) is 14.4. The van der Waals surface area contributed by atoms with E-state index in [0.717, 1.165) is 11.4 Å². The molecule has 7 heteroatoms. The minimum atomic E-state index is -0.251. The van der Waals surface area contributed by atoms with Crippen molar-refractivity contribution in [2.75, 3.05) is 19.6 Å². The van der Waals surface area contributed by atoms with Crippen LogP contribution in [0.1, 0.15) is 34.6 Å². The van der Waals surface area contributed by atoms with Crippen LogP contribution < -0.4 is 5.32 Å². The Morgan fingerprint density at radius 2 is 1.75 bits per heavy atom. The number of carbonyl (C=O) groups excluding carboxylic acids is 2. The van der Waals surface area contributed by atoms with Crippen molar-refractivity contribution in [3.63, 3.8) is 0 Å². The summed E-state index contributed by atoms with van der Waals surface area (Å²) < 4.78 is 15.5. The van der Waals surface area contributed by atoms with E-state index in [4.69, 9.17) is 0 Å². The van der Waals surface area contributed by atoms with Crippen molar-refractivity contribution in [3.05, 3.63) is 83.4 Å². The molecule has 2 heterocycles. The number of nitrogens with zero attached hydrogens (tertiary/aromatic N) is 3. The number of rotatable bonds is 6. The van der Waals surface area contributed by atoms with Gasteiger partial charge in [0.25, 0.3) is 5.91 Å². The number of amides is 2. The van der Waals surface area contributed by atoms with Crippen LogP contribution in [-0.4, -0.2) is 46.1 Å². The van der Waals surface area contributed by atoms with E-state index < -0.39 is 0 Å². The van der Waals surface area contributed by atoms with Crippen molar-refractivity contribution in [1.82, 2.24) is 20.0 Å². The van der Waals surface area contributed by atoms with E-state index in [1.807, 2.05) is 37.3 Å². The van der Waals surface area contributed by atoms with E-state index in [-0.39, 0.29) is 23.5 Å². The Labute approximate surface area is 187 Å². The number of hydrogen-bond acceptors (Lipinski definition) is 3. The maximum atomic E-state index is 13.7. The number of likely N-dealkylation sites (tertiary alicyclic amines) is 1. The van der Waals surface area contributed by atoms with E-state index in [1.54, 1.807) is 33.8 Å².